The lowest BCUT2D eigenvalue weighted by Gasteiger charge is -2.20. The van der Waals surface area contributed by atoms with Gasteiger partial charge in [0, 0.05) is 5.54 Å². The molecule has 20 heavy (non-hydrogen) atoms. The van der Waals surface area contributed by atoms with Gasteiger partial charge >= 0.3 is 5.97 Å². The summed E-state index contributed by atoms with van der Waals surface area (Å²) in [6.07, 6.45) is 0. The Labute approximate surface area is 119 Å². The minimum atomic E-state index is -0.405. The number of rotatable bonds is 5. The summed E-state index contributed by atoms with van der Waals surface area (Å²) in [5.41, 5.74) is 0.105. The number of hydrogen-bond donors (Lipinski definition) is 1. The summed E-state index contributed by atoms with van der Waals surface area (Å²) in [6, 6.07) is 6.57. The van der Waals surface area contributed by atoms with E-state index >= 15 is 0 Å². The maximum Gasteiger partial charge on any atom is 0.338 e. The molecule has 0 atom stereocenters. The normalized spacial score (nSPS) is 10.8. The van der Waals surface area contributed by atoms with Crippen molar-refractivity contribution < 1.29 is 19.1 Å². The number of carbonyl (C=O) groups excluding carboxylic acids is 2. The molecule has 5 heteroatoms. The lowest BCUT2D eigenvalue weighted by Crippen LogP contribution is -2.43. The Bertz CT molecular complexity index is 477. The Morgan fingerprint density at radius 1 is 1.25 bits per heavy atom. The van der Waals surface area contributed by atoms with Crippen LogP contribution in [0.15, 0.2) is 24.3 Å². The molecule has 1 aromatic carbocycles. The van der Waals surface area contributed by atoms with E-state index in [2.05, 4.69) is 5.32 Å². The topological polar surface area (TPSA) is 64.6 Å². The maximum absolute atomic E-state index is 11.6. The molecule has 110 valence electrons. The van der Waals surface area contributed by atoms with Gasteiger partial charge in [-0.2, -0.15) is 0 Å². The predicted molar refractivity (Wildman–Crippen MR) is 75.8 cm³/mol. The molecule has 0 unspecified atom stereocenters. The van der Waals surface area contributed by atoms with E-state index < -0.39 is 5.97 Å². The van der Waals surface area contributed by atoms with Gasteiger partial charge in [0.25, 0.3) is 5.91 Å². The zero-order valence-electron chi connectivity index (χ0n) is 12.4. The largest absolute Gasteiger partial charge is 0.484 e. The molecule has 1 amide bonds. The van der Waals surface area contributed by atoms with Crippen LogP contribution in [-0.2, 0) is 9.53 Å². The molecule has 0 bridgehead atoms. The third-order valence-corrected chi connectivity index (χ3v) is 2.23. The molecule has 0 radical (unpaired) electrons. The average Bonchev–Trinajstić information content (AvgIpc) is 2.35. The predicted octanol–water partition coefficient (Wildman–Crippen LogP) is 2.16. The first-order valence-corrected chi connectivity index (χ1v) is 6.53. The van der Waals surface area contributed by atoms with Crippen LogP contribution in [-0.4, -0.2) is 30.6 Å². The van der Waals surface area contributed by atoms with Gasteiger partial charge in [-0.25, -0.2) is 4.79 Å². The Morgan fingerprint density at radius 3 is 2.55 bits per heavy atom. The number of esters is 1. The summed E-state index contributed by atoms with van der Waals surface area (Å²) >= 11 is 0. The van der Waals surface area contributed by atoms with Gasteiger partial charge in [0.2, 0.25) is 0 Å². The van der Waals surface area contributed by atoms with Crippen molar-refractivity contribution >= 4 is 11.9 Å². The second kappa shape index (κ2) is 6.93. The molecule has 0 heterocycles. The highest BCUT2D eigenvalue weighted by Crippen LogP contribution is 2.14. The molecule has 0 aliphatic carbocycles. The lowest BCUT2D eigenvalue weighted by atomic mass is 10.1. The van der Waals surface area contributed by atoms with E-state index in [-0.39, 0.29) is 18.1 Å². The molecule has 0 fully saturated rings. The highest BCUT2D eigenvalue weighted by molar-refractivity contribution is 5.89. The van der Waals surface area contributed by atoms with Crippen molar-refractivity contribution in [2.45, 2.75) is 33.2 Å². The van der Waals surface area contributed by atoms with Crippen LogP contribution in [0.4, 0.5) is 0 Å². The molecule has 1 rings (SSSR count). The fourth-order valence-electron chi connectivity index (χ4n) is 1.53. The van der Waals surface area contributed by atoms with Gasteiger partial charge in [0.15, 0.2) is 6.61 Å². The smallest absolute Gasteiger partial charge is 0.338 e. The molecular weight excluding hydrogens is 258 g/mol. The van der Waals surface area contributed by atoms with Crippen molar-refractivity contribution in [1.29, 1.82) is 0 Å². The third kappa shape index (κ3) is 5.73. The van der Waals surface area contributed by atoms with Gasteiger partial charge in [0.1, 0.15) is 5.75 Å². The van der Waals surface area contributed by atoms with Gasteiger partial charge in [-0.3, -0.25) is 4.79 Å². The van der Waals surface area contributed by atoms with Crippen LogP contribution >= 0.6 is 0 Å². The van der Waals surface area contributed by atoms with Crippen molar-refractivity contribution in [3.05, 3.63) is 29.8 Å². The standard InChI is InChI=1S/C15H21NO4/c1-5-19-14(18)11-7-6-8-12(9-11)20-10-13(17)16-15(2,3)4/h6-9H,5,10H2,1-4H3,(H,16,17). The lowest BCUT2D eigenvalue weighted by molar-refractivity contribution is -0.124. The van der Waals surface area contributed by atoms with Crippen LogP contribution in [0.1, 0.15) is 38.1 Å². The molecule has 0 saturated carbocycles. The summed E-state index contributed by atoms with van der Waals surface area (Å²) in [5.74, 6) is -0.157. The number of amides is 1. The highest BCUT2D eigenvalue weighted by Gasteiger charge is 2.14. The monoisotopic (exact) mass is 279 g/mol. The zero-order chi connectivity index (χ0) is 15.2. The number of nitrogens with one attached hydrogen (secondary N) is 1. The third-order valence-electron chi connectivity index (χ3n) is 2.23. The second-order valence-electron chi connectivity index (χ2n) is 5.34. The first kappa shape index (κ1) is 16.0. The fraction of sp³-hybridized carbons (Fsp3) is 0.467. The van der Waals surface area contributed by atoms with E-state index in [0.29, 0.717) is 17.9 Å². The van der Waals surface area contributed by atoms with E-state index in [0.717, 1.165) is 0 Å². The Morgan fingerprint density at radius 2 is 1.95 bits per heavy atom. The van der Waals surface area contributed by atoms with Crippen molar-refractivity contribution in [2.75, 3.05) is 13.2 Å². The number of hydrogen-bond acceptors (Lipinski definition) is 4. The molecule has 1 aromatic rings. The van der Waals surface area contributed by atoms with Crippen LogP contribution in [0, 0.1) is 0 Å². The highest BCUT2D eigenvalue weighted by atomic mass is 16.5. The van der Waals surface area contributed by atoms with Crippen LogP contribution in [0.3, 0.4) is 0 Å². The van der Waals surface area contributed by atoms with E-state index in [1.165, 1.54) is 0 Å². The molecule has 1 N–H and O–H groups in total. The molecule has 0 aliphatic rings. The molecule has 5 nitrogen and oxygen atoms in total. The quantitative estimate of drug-likeness (QED) is 0.839. The first-order valence-electron chi connectivity index (χ1n) is 6.53. The fourth-order valence-corrected chi connectivity index (χ4v) is 1.53. The first-order chi connectivity index (χ1) is 9.31. The van der Waals surface area contributed by atoms with Gasteiger partial charge in [0.05, 0.1) is 12.2 Å². The summed E-state index contributed by atoms with van der Waals surface area (Å²) in [5, 5.41) is 2.79. The van der Waals surface area contributed by atoms with Crippen molar-refractivity contribution in [2.24, 2.45) is 0 Å². The SMILES string of the molecule is CCOC(=O)c1cccc(OCC(=O)NC(C)(C)C)c1. The second-order valence-corrected chi connectivity index (χ2v) is 5.34. The van der Waals surface area contributed by atoms with Gasteiger partial charge in [-0.05, 0) is 45.9 Å². The van der Waals surface area contributed by atoms with E-state index in [9.17, 15) is 9.59 Å². The van der Waals surface area contributed by atoms with E-state index in [4.69, 9.17) is 9.47 Å². The minimum Gasteiger partial charge on any atom is -0.484 e. The number of ether oxygens (including phenoxy) is 2. The van der Waals surface area contributed by atoms with E-state index in [1.54, 1.807) is 31.2 Å². The zero-order valence-corrected chi connectivity index (χ0v) is 12.4. The van der Waals surface area contributed by atoms with Gasteiger partial charge < -0.3 is 14.8 Å². The molecule has 0 spiro atoms. The average molecular weight is 279 g/mol. The summed E-state index contributed by atoms with van der Waals surface area (Å²) in [4.78, 5) is 23.2. The van der Waals surface area contributed by atoms with Gasteiger partial charge in [-0.1, -0.05) is 6.07 Å². The maximum atomic E-state index is 11.6. The van der Waals surface area contributed by atoms with Crippen molar-refractivity contribution in [3.8, 4) is 5.75 Å². The molecule has 0 saturated heterocycles. The van der Waals surface area contributed by atoms with Crippen LogP contribution in [0.5, 0.6) is 5.75 Å². The Hall–Kier alpha value is -2.04. The van der Waals surface area contributed by atoms with Crippen LogP contribution < -0.4 is 10.1 Å². The minimum absolute atomic E-state index is 0.0937. The summed E-state index contributed by atoms with van der Waals surface area (Å²) in [6.45, 7) is 7.65. The van der Waals surface area contributed by atoms with Crippen LogP contribution in [0.25, 0.3) is 0 Å². The Kier molecular flexibility index (Phi) is 5.55. The number of carbonyl (C=O) groups is 2. The molecule has 0 aromatic heterocycles. The summed E-state index contributed by atoms with van der Waals surface area (Å²) < 4.78 is 10.3. The number of benzene rings is 1. The van der Waals surface area contributed by atoms with E-state index in [1.807, 2.05) is 20.8 Å². The Balaban J connectivity index is 2.59. The van der Waals surface area contributed by atoms with Crippen molar-refractivity contribution in [3.63, 3.8) is 0 Å². The van der Waals surface area contributed by atoms with Crippen LogP contribution in [0.2, 0.25) is 0 Å². The van der Waals surface area contributed by atoms with Gasteiger partial charge in [-0.15, -0.1) is 0 Å². The van der Waals surface area contributed by atoms with Crippen molar-refractivity contribution in [1.82, 2.24) is 5.32 Å². The molecular formula is C15H21NO4. The summed E-state index contributed by atoms with van der Waals surface area (Å²) in [7, 11) is 0. The molecule has 0 aliphatic heterocycles.